The van der Waals surface area contributed by atoms with E-state index in [1.807, 2.05) is 16.8 Å². The average Bonchev–Trinajstić information content (AvgIpc) is 3.13. The summed E-state index contributed by atoms with van der Waals surface area (Å²) in [6.07, 6.45) is -9.38. The summed E-state index contributed by atoms with van der Waals surface area (Å²) in [7, 11) is 1.89. The van der Waals surface area contributed by atoms with Crippen molar-refractivity contribution in [3.63, 3.8) is 0 Å². The first kappa shape index (κ1) is 31.6. The highest BCUT2D eigenvalue weighted by Gasteiger charge is 2.47. The number of carbonyl (C=O) groups excluding carboxylic acids is 1. The van der Waals surface area contributed by atoms with Gasteiger partial charge in [-0.15, -0.1) is 0 Å². The van der Waals surface area contributed by atoms with Crippen molar-refractivity contribution < 1.29 is 65.2 Å². The lowest BCUT2D eigenvalue weighted by Gasteiger charge is -2.47. The molecule has 1 unspecified atom stereocenters. The summed E-state index contributed by atoms with van der Waals surface area (Å²) in [5, 5.41) is 23.2. The van der Waals surface area contributed by atoms with Crippen molar-refractivity contribution in [3.05, 3.63) is 30.1 Å². The monoisotopic (exact) mass is 549 g/mol. The lowest BCUT2D eigenvalue weighted by Crippen LogP contribution is -2.64. The minimum absolute atomic E-state index is 0.00347. The molecule has 1 aromatic carbocycles. The number of halogens is 7. The maximum absolute atomic E-state index is 13.5. The number of amides is 1. The SMILES string of the molecule is CN1CC(=O)N(c2cccc(F)c2)CC12CCN(CC(=O)O)C2.O=C(O)C(F)(F)F.O=C(O)C(F)(F)F. The maximum Gasteiger partial charge on any atom is 0.490 e. The van der Waals surface area contributed by atoms with Crippen LogP contribution in [0.3, 0.4) is 0 Å². The van der Waals surface area contributed by atoms with E-state index in [0.717, 1.165) is 6.42 Å². The van der Waals surface area contributed by atoms with Crippen molar-refractivity contribution in [3.8, 4) is 0 Å². The summed E-state index contributed by atoms with van der Waals surface area (Å²) < 4.78 is 77.0. The minimum atomic E-state index is -5.08. The van der Waals surface area contributed by atoms with Gasteiger partial charge < -0.3 is 20.2 Å². The van der Waals surface area contributed by atoms with Crippen molar-refractivity contribution >= 4 is 29.5 Å². The molecule has 0 aromatic heterocycles. The zero-order valence-corrected chi connectivity index (χ0v) is 19.0. The second kappa shape index (κ2) is 12.2. The highest BCUT2D eigenvalue weighted by Crippen LogP contribution is 2.33. The van der Waals surface area contributed by atoms with Crippen LogP contribution in [0.1, 0.15) is 6.42 Å². The number of alkyl halides is 6. The third kappa shape index (κ3) is 9.49. The minimum Gasteiger partial charge on any atom is -0.480 e. The van der Waals surface area contributed by atoms with Crippen LogP contribution < -0.4 is 4.90 Å². The van der Waals surface area contributed by atoms with Gasteiger partial charge in [-0.05, 0) is 31.7 Å². The van der Waals surface area contributed by atoms with Gasteiger partial charge in [-0.2, -0.15) is 26.3 Å². The van der Waals surface area contributed by atoms with Gasteiger partial charge in [-0.25, -0.2) is 14.0 Å². The van der Waals surface area contributed by atoms with Crippen LogP contribution in [0.4, 0.5) is 36.4 Å². The second-order valence-electron chi connectivity index (χ2n) is 8.00. The molecule has 0 saturated carbocycles. The molecule has 2 aliphatic heterocycles. The standard InChI is InChI=1S/C16H20FN3O3.2C2HF3O2/c1-18-8-14(21)20(13-4-2-3-12(17)7-13)11-16(18)5-6-19(10-16)9-15(22)23;2*3-2(4,5)1(6)7/h2-4,7H,5-6,8-11H2,1H3,(H,22,23);2*(H,6,7). The van der Waals surface area contributed by atoms with Crippen molar-refractivity contribution in [2.45, 2.75) is 24.3 Å². The van der Waals surface area contributed by atoms with E-state index in [4.69, 9.17) is 24.9 Å². The summed E-state index contributed by atoms with van der Waals surface area (Å²) in [5.41, 5.74) is 0.273. The number of aliphatic carboxylic acids is 3. The van der Waals surface area contributed by atoms with Crippen molar-refractivity contribution in [1.82, 2.24) is 9.80 Å². The van der Waals surface area contributed by atoms with Gasteiger partial charge >= 0.3 is 30.3 Å². The van der Waals surface area contributed by atoms with Crippen LogP contribution in [0.5, 0.6) is 0 Å². The molecule has 0 radical (unpaired) electrons. The average molecular weight is 549 g/mol. The molecule has 3 N–H and O–H groups in total. The van der Waals surface area contributed by atoms with E-state index < -0.39 is 30.3 Å². The quantitative estimate of drug-likeness (QED) is 0.483. The van der Waals surface area contributed by atoms with Gasteiger partial charge in [0.25, 0.3) is 0 Å². The number of carboxylic acids is 3. The zero-order chi connectivity index (χ0) is 28.8. The van der Waals surface area contributed by atoms with Gasteiger partial charge in [-0.3, -0.25) is 19.4 Å². The predicted octanol–water partition coefficient (Wildman–Crippen LogP) is 1.90. The van der Waals surface area contributed by atoms with Gasteiger partial charge in [0.05, 0.1) is 18.6 Å². The number of hydrogen-bond donors (Lipinski definition) is 3. The summed E-state index contributed by atoms with van der Waals surface area (Å²) in [4.78, 5) is 46.6. The topological polar surface area (TPSA) is 139 Å². The first-order valence-corrected chi connectivity index (χ1v) is 10.1. The molecule has 1 aromatic rings. The number of carbonyl (C=O) groups is 4. The molecular weight excluding hydrogens is 527 g/mol. The number of hydrogen-bond acceptors (Lipinski definition) is 6. The Morgan fingerprint density at radius 2 is 1.49 bits per heavy atom. The van der Waals surface area contributed by atoms with Gasteiger partial charge in [0.2, 0.25) is 5.91 Å². The fraction of sp³-hybridized carbons (Fsp3) is 0.500. The Morgan fingerprint density at radius 3 is 1.92 bits per heavy atom. The fourth-order valence-corrected chi connectivity index (χ4v) is 3.55. The largest absolute Gasteiger partial charge is 0.490 e. The van der Waals surface area contributed by atoms with Crippen molar-refractivity contribution in [1.29, 1.82) is 0 Å². The maximum atomic E-state index is 13.5. The molecule has 10 nitrogen and oxygen atoms in total. The van der Waals surface area contributed by atoms with Crippen LogP contribution in [0.2, 0.25) is 0 Å². The van der Waals surface area contributed by atoms with E-state index in [0.29, 0.717) is 25.3 Å². The molecule has 0 aliphatic carbocycles. The summed E-state index contributed by atoms with van der Waals surface area (Å²) in [6.45, 7) is 1.97. The van der Waals surface area contributed by atoms with Gasteiger partial charge in [0, 0.05) is 25.3 Å². The van der Waals surface area contributed by atoms with E-state index in [1.54, 1.807) is 17.0 Å². The van der Waals surface area contributed by atoms with Crippen LogP contribution in [-0.2, 0) is 19.2 Å². The van der Waals surface area contributed by atoms with Crippen LogP contribution in [-0.4, -0.2) is 107 Å². The van der Waals surface area contributed by atoms with E-state index in [9.17, 15) is 40.3 Å². The van der Waals surface area contributed by atoms with Gasteiger partial charge in [-0.1, -0.05) is 6.07 Å². The first-order valence-electron chi connectivity index (χ1n) is 10.1. The number of anilines is 1. The molecule has 17 heteroatoms. The van der Waals surface area contributed by atoms with E-state index >= 15 is 0 Å². The molecule has 1 amide bonds. The number of benzene rings is 1. The van der Waals surface area contributed by atoms with Crippen molar-refractivity contribution in [2.75, 3.05) is 44.7 Å². The lowest BCUT2D eigenvalue weighted by molar-refractivity contribution is -0.193. The number of nitrogens with zero attached hydrogens (tertiary/aromatic N) is 3. The third-order valence-corrected chi connectivity index (χ3v) is 5.31. The van der Waals surface area contributed by atoms with E-state index in [1.165, 1.54) is 12.1 Å². The molecule has 208 valence electrons. The molecule has 0 bridgehead atoms. The molecular formula is C20H22F7N3O7. The molecule has 2 fully saturated rings. The first-order chi connectivity index (χ1) is 16.8. The van der Waals surface area contributed by atoms with Crippen LogP contribution >= 0.6 is 0 Å². The molecule has 1 spiro atoms. The van der Waals surface area contributed by atoms with Gasteiger partial charge in [0.1, 0.15) is 5.82 Å². The number of carboxylic acid groups (broad SMARTS) is 3. The Hall–Kier alpha value is -3.47. The molecule has 2 aliphatic rings. The molecule has 1 atom stereocenters. The smallest absolute Gasteiger partial charge is 0.480 e. The Labute approximate surface area is 204 Å². The Bertz CT molecular complexity index is 979. The van der Waals surface area contributed by atoms with Gasteiger partial charge in [0.15, 0.2) is 0 Å². The molecule has 37 heavy (non-hydrogen) atoms. The molecule has 3 rings (SSSR count). The Balaban J connectivity index is 0.000000404. The Kier molecular flexibility index (Phi) is 10.4. The Morgan fingerprint density at radius 1 is 0.973 bits per heavy atom. The van der Waals surface area contributed by atoms with Crippen LogP contribution in [0.25, 0.3) is 0 Å². The molecule has 2 saturated heterocycles. The van der Waals surface area contributed by atoms with E-state index in [2.05, 4.69) is 0 Å². The third-order valence-electron chi connectivity index (χ3n) is 5.31. The highest BCUT2D eigenvalue weighted by molar-refractivity contribution is 5.96. The lowest BCUT2D eigenvalue weighted by atomic mass is 9.92. The fourth-order valence-electron chi connectivity index (χ4n) is 3.55. The van der Waals surface area contributed by atoms with Crippen LogP contribution in [0, 0.1) is 5.82 Å². The molecule has 2 heterocycles. The number of piperazine rings is 1. The predicted molar refractivity (Wildman–Crippen MR) is 110 cm³/mol. The number of likely N-dealkylation sites (N-methyl/N-ethyl adjacent to an activating group) is 1. The zero-order valence-electron chi connectivity index (χ0n) is 19.0. The second-order valence-corrected chi connectivity index (χ2v) is 8.00. The summed E-state index contributed by atoms with van der Waals surface area (Å²) in [5.74, 6) is -6.80. The summed E-state index contributed by atoms with van der Waals surface area (Å²) in [6, 6.07) is 6.03. The summed E-state index contributed by atoms with van der Waals surface area (Å²) >= 11 is 0. The normalized spacial score (nSPS) is 20.5. The number of likely N-dealkylation sites (tertiary alicyclic amines) is 1. The van der Waals surface area contributed by atoms with Crippen molar-refractivity contribution in [2.24, 2.45) is 0 Å². The van der Waals surface area contributed by atoms with E-state index in [-0.39, 0.29) is 30.4 Å². The highest BCUT2D eigenvalue weighted by atomic mass is 19.4. The van der Waals surface area contributed by atoms with Crippen LogP contribution in [0.15, 0.2) is 24.3 Å². The number of rotatable bonds is 3.